The monoisotopic (exact) mass is 337 g/mol. The summed E-state index contributed by atoms with van der Waals surface area (Å²) < 4.78 is 5.89. The molecule has 0 amide bonds. The lowest BCUT2D eigenvalue weighted by molar-refractivity contribution is -0.386. The van der Waals surface area contributed by atoms with Crippen molar-refractivity contribution in [1.82, 2.24) is 0 Å². The van der Waals surface area contributed by atoms with E-state index in [9.17, 15) is 15.2 Å². The Morgan fingerprint density at radius 1 is 1.20 bits per heavy atom. The van der Waals surface area contributed by atoms with Crippen LogP contribution < -0.4 is 4.74 Å². The van der Waals surface area contributed by atoms with Crippen molar-refractivity contribution in [3.05, 3.63) is 68.7 Å². The van der Waals surface area contributed by atoms with Gasteiger partial charge in [-0.3, -0.25) is 10.1 Å². The largest absolute Gasteiger partial charge is 0.483 e. The van der Waals surface area contributed by atoms with E-state index in [1.165, 1.54) is 6.07 Å². The number of nitrogens with zero attached hydrogens (tertiary/aromatic N) is 1. The van der Waals surface area contributed by atoms with E-state index < -0.39 is 11.0 Å². The van der Waals surface area contributed by atoms with E-state index in [1.807, 2.05) is 6.07 Å². The maximum absolute atomic E-state index is 10.9. The van der Waals surface area contributed by atoms with Crippen molar-refractivity contribution in [1.29, 1.82) is 0 Å². The third-order valence-electron chi connectivity index (χ3n) is 2.71. The van der Waals surface area contributed by atoms with Gasteiger partial charge in [-0.05, 0) is 27.6 Å². The van der Waals surface area contributed by atoms with E-state index in [0.29, 0.717) is 10.0 Å². The lowest BCUT2D eigenvalue weighted by Crippen LogP contribution is -2.10. The van der Waals surface area contributed by atoms with Crippen LogP contribution in [0.2, 0.25) is 0 Å². The van der Waals surface area contributed by atoms with Crippen molar-refractivity contribution >= 4 is 21.6 Å². The minimum Gasteiger partial charge on any atom is -0.483 e. The molecule has 2 rings (SSSR count). The number of hydrogen-bond acceptors (Lipinski definition) is 4. The summed E-state index contributed by atoms with van der Waals surface area (Å²) in [6.45, 7) is -0.0620. The van der Waals surface area contributed by atoms with E-state index in [0.717, 1.165) is 0 Å². The number of nitro groups is 1. The third kappa shape index (κ3) is 3.34. The minimum atomic E-state index is -0.845. The Bertz CT molecular complexity index is 603. The highest BCUT2D eigenvalue weighted by molar-refractivity contribution is 9.10. The second-order valence-electron chi connectivity index (χ2n) is 4.08. The van der Waals surface area contributed by atoms with Gasteiger partial charge in [-0.25, -0.2) is 0 Å². The number of aliphatic hydroxyl groups is 1. The Morgan fingerprint density at radius 3 is 2.55 bits per heavy atom. The molecule has 0 fully saturated rings. The highest BCUT2D eigenvalue weighted by atomic mass is 79.9. The first-order chi connectivity index (χ1) is 9.59. The van der Waals surface area contributed by atoms with Gasteiger partial charge in [-0.1, -0.05) is 36.4 Å². The fourth-order valence-electron chi connectivity index (χ4n) is 1.72. The summed E-state index contributed by atoms with van der Waals surface area (Å²) >= 11 is 3.21. The predicted molar refractivity (Wildman–Crippen MR) is 77.7 cm³/mol. The lowest BCUT2D eigenvalue weighted by atomic mass is 10.1. The van der Waals surface area contributed by atoms with Crippen LogP contribution in [0.5, 0.6) is 5.75 Å². The van der Waals surface area contributed by atoms with Gasteiger partial charge < -0.3 is 9.84 Å². The third-order valence-corrected chi connectivity index (χ3v) is 3.34. The van der Waals surface area contributed by atoms with E-state index >= 15 is 0 Å². The molecule has 6 heteroatoms. The fraction of sp³-hybridized carbons (Fsp3) is 0.143. The van der Waals surface area contributed by atoms with Crippen molar-refractivity contribution in [3.8, 4) is 5.75 Å². The Labute approximate surface area is 124 Å². The Morgan fingerprint density at radius 2 is 1.90 bits per heavy atom. The van der Waals surface area contributed by atoms with E-state index in [2.05, 4.69) is 15.9 Å². The number of benzene rings is 2. The van der Waals surface area contributed by atoms with Gasteiger partial charge in [-0.2, -0.15) is 0 Å². The molecule has 0 saturated heterocycles. The predicted octanol–water partition coefficient (Wildman–Crippen LogP) is 3.47. The molecule has 0 aromatic heterocycles. The van der Waals surface area contributed by atoms with E-state index in [4.69, 9.17) is 4.74 Å². The molecule has 2 aromatic rings. The first-order valence-corrected chi connectivity index (χ1v) is 6.67. The number of hydrogen-bond donors (Lipinski definition) is 1. The van der Waals surface area contributed by atoms with Gasteiger partial charge in [0.15, 0.2) is 0 Å². The Balaban J connectivity index is 2.13. The molecule has 0 aliphatic rings. The van der Waals surface area contributed by atoms with Crippen LogP contribution in [0.1, 0.15) is 11.7 Å². The van der Waals surface area contributed by atoms with Crippen LogP contribution in [-0.2, 0) is 0 Å². The lowest BCUT2D eigenvalue weighted by Gasteiger charge is -2.13. The average Bonchev–Trinajstić information content (AvgIpc) is 2.46. The number of para-hydroxylation sites is 1. The van der Waals surface area contributed by atoms with Crippen LogP contribution >= 0.6 is 15.9 Å². The minimum absolute atomic E-state index is 0.0620. The maximum atomic E-state index is 10.9. The van der Waals surface area contributed by atoms with Gasteiger partial charge in [0.05, 0.1) is 9.40 Å². The van der Waals surface area contributed by atoms with Gasteiger partial charge in [0.25, 0.3) is 0 Å². The van der Waals surface area contributed by atoms with Gasteiger partial charge in [0.1, 0.15) is 12.7 Å². The number of ether oxygens (including phenoxy) is 1. The molecule has 1 N–H and O–H groups in total. The second kappa shape index (κ2) is 6.49. The zero-order chi connectivity index (χ0) is 14.5. The molecule has 0 aliphatic carbocycles. The molecule has 0 spiro atoms. The summed E-state index contributed by atoms with van der Waals surface area (Å²) in [5.41, 5.74) is 0.557. The average molecular weight is 338 g/mol. The van der Waals surface area contributed by atoms with Crippen molar-refractivity contribution < 1.29 is 14.8 Å². The van der Waals surface area contributed by atoms with Crippen LogP contribution in [0, 0.1) is 10.1 Å². The van der Waals surface area contributed by atoms with Gasteiger partial charge >= 0.3 is 5.69 Å². The van der Waals surface area contributed by atoms with Crippen molar-refractivity contribution in [3.63, 3.8) is 0 Å². The normalized spacial score (nSPS) is 11.9. The molecule has 5 nitrogen and oxygen atoms in total. The van der Waals surface area contributed by atoms with Crippen molar-refractivity contribution in [2.24, 2.45) is 0 Å². The van der Waals surface area contributed by atoms with Crippen molar-refractivity contribution in [2.45, 2.75) is 6.10 Å². The topological polar surface area (TPSA) is 72.6 Å². The number of aliphatic hydroxyl groups excluding tert-OH is 1. The number of rotatable bonds is 5. The molecule has 104 valence electrons. The summed E-state index contributed by atoms with van der Waals surface area (Å²) in [4.78, 5) is 10.4. The van der Waals surface area contributed by atoms with Gasteiger partial charge in [0.2, 0.25) is 5.75 Å². The Hall–Kier alpha value is -1.92. The Kier molecular flexibility index (Phi) is 4.70. The van der Waals surface area contributed by atoms with Crippen LogP contribution in [0.4, 0.5) is 5.69 Å². The molecule has 0 aliphatic heterocycles. The molecule has 0 heterocycles. The standard InChI is InChI=1S/C14H12BrNO4/c15-11-7-4-8-12(16(18)19)14(11)20-9-13(17)10-5-2-1-3-6-10/h1-8,13,17H,9H2. The summed E-state index contributed by atoms with van der Waals surface area (Å²) in [6, 6.07) is 13.6. The zero-order valence-corrected chi connectivity index (χ0v) is 12.0. The molecule has 0 radical (unpaired) electrons. The van der Waals surface area contributed by atoms with Crippen LogP contribution in [0.15, 0.2) is 53.0 Å². The van der Waals surface area contributed by atoms with Gasteiger partial charge in [0, 0.05) is 6.07 Å². The molecule has 0 saturated carbocycles. The molecular formula is C14H12BrNO4. The first-order valence-electron chi connectivity index (χ1n) is 5.88. The van der Waals surface area contributed by atoms with Crippen molar-refractivity contribution in [2.75, 3.05) is 6.61 Å². The van der Waals surface area contributed by atoms with E-state index in [1.54, 1.807) is 36.4 Å². The summed E-state index contributed by atoms with van der Waals surface area (Å²) in [6.07, 6.45) is -0.845. The molecule has 1 atom stereocenters. The quantitative estimate of drug-likeness (QED) is 0.669. The van der Waals surface area contributed by atoms with Crippen LogP contribution in [0.25, 0.3) is 0 Å². The fourth-order valence-corrected chi connectivity index (χ4v) is 2.19. The second-order valence-corrected chi connectivity index (χ2v) is 4.94. The zero-order valence-electron chi connectivity index (χ0n) is 10.4. The number of nitro benzene ring substituents is 1. The number of halogens is 1. The van der Waals surface area contributed by atoms with E-state index in [-0.39, 0.29) is 18.0 Å². The van der Waals surface area contributed by atoms with Crippen LogP contribution in [-0.4, -0.2) is 16.6 Å². The molecular weight excluding hydrogens is 326 g/mol. The SMILES string of the molecule is O=[N+]([O-])c1cccc(Br)c1OCC(O)c1ccccc1. The molecule has 1 unspecified atom stereocenters. The summed E-state index contributed by atoms with van der Waals surface area (Å²) in [7, 11) is 0. The molecule has 0 bridgehead atoms. The van der Waals surface area contributed by atoms with Gasteiger partial charge in [-0.15, -0.1) is 0 Å². The smallest absolute Gasteiger partial charge is 0.312 e. The first kappa shape index (κ1) is 14.5. The highest BCUT2D eigenvalue weighted by Crippen LogP contribution is 2.35. The maximum Gasteiger partial charge on any atom is 0.312 e. The molecule has 20 heavy (non-hydrogen) atoms. The molecule has 2 aromatic carbocycles. The summed E-state index contributed by atoms with van der Waals surface area (Å²) in [5, 5.41) is 20.9. The van der Waals surface area contributed by atoms with Crippen LogP contribution in [0.3, 0.4) is 0 Å². The summed E-state index contributed by atoms with van der Waals surface area (Å²) in [5.74, 6) is 0.118. The highest BCUT2D eigenvalue weighted by Gasteiger charge is 2.19.